The number of likely N-dealkylation sites (tertiary alicyclic amines) is 1. The minimum atomic E-state index is -3.61. The summed E-state index contributed by atoms with van der Waals surface area (Å²) in [5.41, 5.74) is 0.399. The normalized spacial score (nSPS) is 22.8. The van der Waals surface area contributed by atoms with Gasteiger partial charge in [0.2, 0.25) is 10.0 Å². The highest BCUT2D eigenvalue weighted by Gasteiger charge is 2.32. The monoisotopic (exact) mass is 353 g/mol. The molecule has 3 rings (SSSR count). The van der Waals surface area contributed by atoms with Crippen molar-refractivity contribution in [3.8, 4) is 5.75 Å². The third kappa shape index (κ3) is 3.13. The number of fused-ring (bicyclic) bond motifs is 1. The maximum Gasteiger partial charge on any atom is 0.265 e. The molecule has 1 fully saturated rings. The minimum absolute atomic E-state index is 0.00639. The lowest BCUT2D eigenvalue weighted by Crippen LogP contribution is -2.44. The number of nitrogens with one attached hydrogen (secondary N) is 1. The number of rotatable bonds is 3. The summed E-state index contributed by atoms with van der Waals surface area (Å²) >= 11 is 0. The van der Waals surface area contributed by atoms with Gasteiger partial charge in [-0.1, -0.05) is 0 Å². The molecule has 1 aromatic rings. The van der Waals surface area contributed by atoms with Gasteiger partial charge in [0.1, 0.15) is 5.75 Å². The number of ether oxygens (including phenoxy) is 1. The molecule has 0 spiro atoms. The number of amides is 1. The Morgan fingerprint density at radius 1 is 1.29 bits per heavy atom. The van der Waals surface area contributed by atoms with Crippen molar-refractivity contribution < 1.29 is 17.9 Å². The van der Waals surface area contributed by atoms with Gasteiger partial charge in [0.05, 0.1) is 10.6 Å². The molecule has 1 unspecified atom stereocenters. The summed E-state index contributed by atoms with van der Waals surface area (Å²) in [6.07, 6.45) is 1.05. The highest BCUT2D eigenvalue weighted by atomic mass is 32.2. The minimum Gasteiger partial charge on any atom is -0.479 e. The summed E-state index contributed by atoms with van der Waals surface area (Å²) in [7, 11) is 0.0539. The van der Waals surface area contributed by atoms with E-state index < -0.39 is 16.1 Å². The maximum absolute atomic E-state index is 12.9. The molecule has 0 bridgehead atoms. The van der Waals surface area contributed by atoms with E-state index in [0.29, 0.717) is 11.4 Å². The van der Waals surface area contributed by atoms with E-state index in [0.717, 1.165) is 25.9 Å². The predicted molar refractivity (Wildman–Crippen MR) is 90.6 cm³/mol. The Bertz CT molecular complexity index is 742. The van der Waals surface area contributed by atoms with Crippen LogP contribution in [-0.2, 0) is 14.8 Å². The quantitative estimate of drug-likeness (QED) is 0.881. The lowest BCUT2D eigenvalue weighted by molar-refractivity contribution is -0.122. The standard InChI is InChI=1S/C16H23N3O4S/c1-11-16(20)17-14-10-13(4-5-15(14)23-11)24(21,22)19(3)12-6-8-18(2)9-7-12/h4-5,10-12H,6-9H2,1-3H3,(H,17,20). The average Bonchev–Trinajstić information content (AvgIpc) is 2.55. The molecular weight excluding hydrogens is 330 g/mol. The molecule has 132 valence electrons. The van der Waals surface area contributed by atoms with Crippen molar-refractivity contribution in [3.63, 3.8) is 0 Å². The molecule has 1 aromatic carbocycles. The summed E-state index contributed by atoms with van der Waals surface area (Å²) in [5, 5.41) is 2.69. The fraction of sp³-hybridized carbons (Fsp3) is 0.562. The van der Waals surface area contributed by atoms with Crippen LogP contribution in [0.2, 0.25) is 0 Å². The van der Waals surface area contributed by atoms with Crippen LogP contribution >= 0.6 is 0 Å². The molecule has 8 heteroatoms. The van der Waals surface area contributed by atoms with E-state index in [1.165, 1.54) is 16.4 Å². The van der Waals surface area contributed by atoms with Gasteiger partial charge in [-0.25, -0.2) is 8.42 Å². The van der Waals surface area contributed by atoms with Crippen LogP contribution < -0.4 is 10.1 Å². The zero-order valence-electron chi connectivity index (χ0n) is 14.2. The Morgan fingerprint density at radius 2 is 1.96 bits per heavy atom. The first-order valence-electron chi connectivity index (χ1n) is 8.07. The number of carbonyl (C=O) groups excluding carboxylic acids is 1. The summed E-state index contributed by atoms with van der Waals surface area (Å²) in [6, 6.07) is 4.60. The van der Waals surface area contributed by atoms with Crippen molar-refractivity contribution in [2.45, 2.75) is 36.8 Å². The van der Waals surface area contributed by atoms with E-state index >= 15 is 0 Å². The van der Waals surface area contributed by atoms with E-state index in [1.807, 2.05) is 7.05 Å². The van der Waals surface area contributed by atoms with Crippen LogP contribution in [0, 0.1) is 0 Å². The number of benzene rings is 1. The van der Waals surface area contributed by atoms with Crippen LogP contribution in [0.25, 0.3) is 0 Å². The number of carbonyl (C=O) groups is 1. The van der Waals surface area contributed by atoms with Crippen molar-refractivity contribution in [1.82, 2.24) is 9.21 Å². The fourth-order valence-corrected chi connectivity index (χ4v) is 4.51. The number of hydrogen-bond acceptors (Lipinski definition) is 5. The number of sulfonamides is 1. The van der Waals surface area contributed by atoms with Gasteiger partial charge < -0.3 is 15.0 Å². The second-order valence-corrected chi connectivity index (χ2v) is 8.46. The van der Waals surface area contributed by atoms with E-state index in [1.54, 1.807) is 20.0 Å². The lowest BCUT2D eigenvalue weighted by Gasteiger charge is -2.34. The molecule has 2 heterocycles. The van der Waals surface area contributed by atoms with E-state index in [2.05, 4.69) is 10.2 Å². The summed E-state index contributed by atoms with van der Waals surface area (Å²) < 4.78 is 32.7. The second-order valence-electron chi connectivity index (χ2n) is 6.46. The number of piperidine rings is 1. The van der Waals surface area contributed by atoms with Crippen LogP contribution in [0.5, 0.6) is 5.75 Å². The first kappa shape index (κ1) is 17.2. The van der Waals surface area contributed by atoms with Crippen LogP contribution in [0.4, 0.5) is 5.69 Å². The van der Waals surface area contributed by atoms with Crippen LogP contribution in [0.15, 0.2) is 23.1 Å². The van der Waals surface area contributed by atoms with E-state index in [4.69, 9.17) is 4.74 Å². The van der Waals surface area contributed by atoms with Gasteiger partial charge in [0.25, 0.3) is 5.91 Å². The van der Waals surface area contributed by atoms with Crippen LogP contribution in [0.3, 0.4) is 0 Å². The van der Waals surface area contributed by atoms with Gasteiger partial charge in [-0.15, -0.1) is 0 Å². The molecule has 7 nitrogen and oxygen atoms in total. The van der Waals surface area contributed by atoms with Crippen molar-refractivity contribution in [2.24, 2.45) is 0 Å². The number of hydrogen-bond donors (Lipinski definition) is 1. The summed E-state index contributed by atoms with van der Waals surface area (Å²) in [6.45, 7) is 3.42. The summed E-state index contributed by atoms with van der Waals surface area (Å²) in [4.78, 5) is 14.1. The van der Waals surface area contributed by atoms with Crippen molar-refractivity contribution in [3.05, 3.63) is 18.2 Å². The average molecular weight is 353 g/mol. The first-order chi connectivity index (χ1) is 11.3. The predicted octanol–water partition coefficient (Wildman–Crippen LogP) is 1.12. The molecule has 0 aliphatic carbocycles. The van der Waals surface area contributed by atoms with Crippen LogP contribution in [-0.4, -0.2) is 62.9 Å². The maximum atomic E-state index is 12.9. The Kier molecular flexibility index (Phi) is 4.54. The Hall–Kier alpha value is -1.64. The smallest absolute Gasteiger partial charge is 0.265 e. The van der Waals surface area contributed by atoms with Gasteiger partial charge in [-0.2, -0.15) is 4.31 Å². The Morgan fingerprint density at radius 3 is 2.62 bits per heavy atom. The highest BCUT2D eigenvalue weighted by molar-refractivity contribution is 7.89. The molecule has 0 aromatic heterocycles. The van der Waals surface area contributed by atoms with Gasteiger partial charge in [-0.3, -0.25) is 4.79 Å². The van der Waals surface area contributed by atoms with Gasteiger partial charge in [0, 0.05) is 13.1 Å². The zero-order chi connectivity index (χ0) is 17.5. The third-order valence-electron chi connectivity index (χ3n) is 4.76. The zero-order valence-corrected chi connectivity index (χ0v) is 15.0. The van der Waals surface area contributed by atoms with Gasteiger partial charge in [0.15, 0.2) is 6.10 Å². The van der Waals surface area contributed by atoms with Gasteiger partial charge in [-0.05, 0) is 58.1 Å². The molecule has 24 heavy (non-hydrogen) atoms. The highest BCUT2D eigenvalue weighted by Crippen LogP contribution is 2.33. The summed E-state index contributed by atoms with van der Waals surface area (Å²) in [5.74, 6) is 0.212. The largest absolute Gasteiger partial charge is 0.479 e. The number of anilines is 1. The molecule has 1 atom stereocenters. The molecule has 1 N–H and O–H groups in total. The van der Waals surface area contributed by atoms with Crippen molar-refractivity contribution >= 4 is 21.6 Å². The molecular formula is C16H23N3O4S. The Balaban J connectivity index is 1.85. The molecule has 2 aliphatic rings. The Labute approximate surface area is 142 Å². The topological polar surface area (TPSA) is 79.0 Å². The molecule has 0 radical (unpaired) electrons. The fourth-order valence-electron chi connectivity index (χ4n) is 3.07. The van der Waals surface area contributed by atoms with Crippen LogP contribution in [0.1, 0.15) is 19.8 Å². The van der Waals surface area contributed by atoms with Crippen molar-refractivity contribution in [2.75, 3.05) is 32.5 Å². The second kappa shape index (κ2) is 6.34. The first-order valence-corrected chi connectivity index (χ1v) is 9.51. The SMILES string of the molecule is CC1Oc2ccc(S(=O)(=O)N(C)C3CCN(C)CC3)cc2NC1=O. The molecule has 0 saturated carbocycles. The molecule has 2 aliphatic heterocycles. The third-order valence-corrected chi connectivity index (χ3v) is 6.67. The van der Waals surface area contributed by atoms with Crippen molar-refractivity contribution in [1.29, 1.82) is 0 Å². The molecule has 1 amide bonds. The van der Waals surface area contributed by atoms with E-state index in [-0.39, 0.29) is 16.8 Å². The lowest BCUT2D eigenvalue weighted by atomic mass is 10.1. The molecule has 1 saturated heterocycles. The van der Waals surface area contributed by atoms with E-state index in [9.17, 15) is 13.2 Å². The van der Waals surface area contributed by atoms with Gasteiger partial charge >= 0.3 is 0 Å². The number of nitrogens with zero attached hydrogens (tertiary/aromatic N) is 2.